The topological polar surface area (TPSA) is 50.1 Å². The number of nitrogens with zero attached hydrogens (tertiary/aromatic N) is 2. The molecule has 0 saturated carbocycles. The Morgan fingerprint density at radius 2 is 2.25 bits per heavy atom. The van der Waals surface area contributed by atoms with Gasteiger partial charge in [0.15, 0.2) is 0 Å². The van der Waals surface area contributed by atoms with E-state index in [1.807, 2.05) is 25.4 Å². The second kappa shape index (κ2) is 4.57. The number of rotatable bonds is 3. The van der Waals surface area contributed by atoms with E-state index in [2.05, 4.69) is 26.3 Å². The highest BCUT2D eigenvalue weighted by Crippen LogP contribution is 2.22. The third-order valence-electron chi connectivity index (χ3n) is 2.22. The molecule has 1 aromatic carbocycles. The van der Waals surface area contributed by atoms with Crippen LogP contribution in [-0.2, 0) is 13.6 Å². The van der Waals surface area contributed by atoms with E-state index in [0.29, 0.717) is 6.54 Å². The lowest BCUT2D eigenvalue weighted by atomic mass is 10.2. The van der Waals surface area contributed by atoms with Gasteiger partial charge in [-0.15, -0.1) is 0 Å². The first-order chi connectivity index (χ1) is 7.65. The van der Waals surface area contributed by atoms with Crippen molar-refractivity contribution < 1.29 is 5.11 Å². The third kappa shape index (κ3) is 2.55. The molecule has 2 N–H and O–H groups in total. The molecule has 0 fully saturated rings. The van der Waals surface area contributed by atoms with Gasteiger partial charge in [0.05, 0.1) is 0 Å². The summed E-state index contributed by atoms with van der Waals surface area (Å²) in [5.41, 5.74) is 0.833. The van der Waals surface area contributed by atoms with Gasteiger partial charge in [0.1, 0.15) is 11.6 Å². The van der Waals surface area contributed by atoms with Gasteiger partial charge in [0, 0.05) is 35.9 Å². The predicted octanol–water partition coefficient (Wildman–Crippen LogP) is 2.50. The molecule has 5 heteroatoms. The Kier molecular flexibility index (Phi) is 3.14. The van der Waals surface area contributed by atoms with Gasteiger partial charge in [-0.05, 0) is 18.2 Å². The Labute approximate surface area is 102 Å². The second-order valence-corrected chi connectivity index (χ2v) is 4.42. The fourth-order valence-corrected chi connectivity index (χ4v) is 1.80. The minimum absolute atomic E-state index is 0.284. The molecule has 0 amide bonds. The van der Waals surface area contributed by atoms with Crippen LogP contribution < -0.4 is 5.32 Å². The van der Waals surface area contributed by atoms with Crippen molar-refractivity contribution in [3.8, 4) is 5.75 Å². The average Bonchev–Trinajstić information content (AvgIpc) is 2.66. The Morgan fingerprint density at radius 3 is 2.94 bits per heavy atom. The SMILES string of the molecule is Cn1ccc(NCc2cc(Br)ccc2O)n1. The van der Waals surface area contributed by atoms with Gasteiger partial charge in [0.25, 0.3) is 0 Å². The quantitative estimate of drug-likeness (QED) is 0.909. The largest absolute Gasteiger partial charge is 0.508 e. The molecule has 0 bridgehead atoms. The molecule has 16 heavy (non-hydrogen) atoms. The number of benzene rings is 1. The Hall–Kier alpha value is -1.49. The van der Waals surface area contributed by atoms with Crippen molar-refractivity contribution in [2.45, 2.75) is 6.54 Å². The van der Waals surface area contributed by atoms with E-state index < -0.39 is 0 Å². The highest BCUT2D eigenvalue weighted by Gasteiger charge is 2.02. The summed E-state index contributed by atoms with van der Waals surface area (Å²) in [5, 5.41) is 17.0. The van der Waals surface area contributed by atoms with Crippen molar-refractivity contribution >= 4 is 21.7 Å². The van der Waals surface area contributed by atoms with Crippen LogP contribution in [0.1, 0.15) is 5.56 Å². The summed E-state index contributed by atoms with van der Waals surface area (Å²) >= 11 is 3.37. The molecule has 1 aromatic heterocycles. The summed E-state index contributed by atoms with van der Waals surface area (Å²) in [5.74, 6) is 1.08. The lowest BCUT2D eigenvalue weighted by Crippen LogP contribution is -2.01. The average molecular weight is 282 g/mol. The molecule has 0 spiro atoms. The van der Waals surface area contributed by atoms with Crippen molar-refractivity contribution in [1.82, 2.24) is 9.78 Å². The van der Waals surface area contributed by atoms with Crippen LogP contribution in [0.3, 0.4) is 0 Å². The molecule has 0 radical (unpaired) electrons. The fourth-order valence-electron chi connectivity index (χ4n) is 1.39. The fraction of sp³-hybridized carbons (Fsp3) is 0.182. The normalized spacial score (nSPS) is 10.4. The van der Waals surface area contributed by atoms with E-state index >= 15 is 0 Å². The van der Waals surface area contributed by atoms with E-state index in [1.54, 1.807) is 16.8 Å². The summed E-state index contributed by atoms with van der Waals surface area (Å²) in [4.78, 5) is 0. The molecule has 84 valence electrons. The van der Waals surface area contributed by atoms with Crippen LogP contribution in [-0.4, -0.2) is 14.9 Å². The summed E-state index contributed by atoms with van der Waals surface area (Å²) in [6.45, 7) is 0.544. The number of phenolic OH excluding ortho intramolecular Hbond substituents is 1. The molecule has 0 aliphatic rings. The number of phenols is 1. The van der Waals surface area contributed by atoms with E-state index in [-0.39, 0.29) is 5.75 Å². The van der Waals surface area contributed by atoms with Gasteiger partial charge in [-0.25, -0.2) is 0 Å². The maximum atomic E-state index is 9.63. The first-order valence-corrected chi connectivity index (χ1v) is 5.65. The van der Waals surface area contributed by atoms with Gasteiger partial charge >= 0.3 is 0 Å². The Morgan fingerprint density at radius 1 is 1.44 bits per heavy atom. The number of anilines is 1. The van der Waals surface area contributed by atoms with Gasteiger partial charge in [0.2, 0.25) is 0 Å². The summed E-state index contributed by atoms with van der Waals surface area (Å²) in [6.07, 6.45) is 1.86. The summed E-state index contributed by atoms with van der Waals surface area (Å²) in [6, 6.07) is 7.24. The van der Waals surface area contributed by atoms with Gasteiger partial charge in [-0.3, -0.25) is 4.68 Å². The maximum Gasteiger partial charge on any atom is 0.148 e. The predicted molar refractivity (Wildman–Crippen MR) is 66.3 cm³/mol. The molecule has 0 unspecified atom stereocenters. The number of aromatic hydroxyl groups is 1. The molecule has 0 atom stereocenters. The first kappa shape index (κ1) is 11.0. The number of hydrogen-bond acceptors (Lipinski definition) is 3. The zero-order valence-corrected chi connectivity index (χ0v) is 10.4. The Balaban J connectivity index is 2.07. The zero-order valence-electron chi connectivity index (χ0n) is 8.81. The van der Waals surface area contributed by atoms with Crippen LogP contribution in [0.4, 0.5) is 5.82 Å². The maximum absolute atomic E-state index is 9.63. The second-order valence-electron chi connectivity index (χ2n) is 3.50. The van der Waals surface area contributed by atoms with Crippen molar-refractivity contribution in [3.63, 3.8) is 0 Å². The molecule has 0 aliphatic carbocycles. The summed E-state index contributed by atoms with van der Waals surface area (Å²) in [7, 11) is 1.86. The molecule has 1 heterocycles. The van der Waals surface area contributed by atoms with Crippen molar-refractivity contribution in [2.75, 3.05) is 5.32 Å². The number of aromatic nitrogens is 2. The standard InChI is InChI=1S/C11H12BrN3O/c1-15-5-4-11(14-15)13-7-8-6-9(12)2-3-10(8)16/h2-6,16H,7H2,1H3,(H,13,14). The highest BCUT2D eigenvalue weighted by atomic mass is 79.9. The third-order valence-corrected chi connectivity index (χ3v) is 2.71. The van der Waals surface area contributed by atoms with Crippen LogP contribution in [0, 0.1) is 0 Å². The summed E-state index contributed by atoms with van der Waals surface area (Å²) < 4.78 is 2.67. The molecular weight excluding hydrogens is 270 g/mol. The lowest BCUT2D eigenvalue weighted by Gasteiger charge is -2.06. The smallest absolute Gasteiger partial charge is 0.148 e. The minimum Gasteiger partial charge on any atom is -0.508 e. The van der Waals surface area contributed by atoms with Crippen molar-refractivity contribution in [1.29, 1.82) is 0 Å². The zero-order chi connectivity index (χ0) is 11.5. The number of aryl methyl sites for hydroxylation is 1. The lowest BCUT2D eigenvalue weighted by molar-refractivity contribution is 0.469. The molecule has 2 rings (SSSR count). The van der Waals surface area contributed by atoms with Crippen LogP contribution in [0.2, 0.25) is 0 Å². The van der Waals surface area contributed by atoms with Gasteiger partial charge in [-0.2, -0.15) is 5.10 Å². The molecule has 4 nitrogen and oxygen atoms in total. The van der Waals surface area contributed by atoms with E-state index in [1.165, 1.54) is 0 Å². The minimum atomic E-state index is 0.284. The van der Waals surface area contributed by atoms with Crippen LogP contribution >= 0.6 is 15.9 Å². The number of hydrogen-bond donors (Lipinski definition) is 2. The van der Waals surface area contributed by atoms with Gasteiger partial charge < -0.3 is 10.4 Å². The van der Waals surface area contributed by atoms with Crippen molar-refractivity contribution in [3.05, 3.63) is 40.5 Å². The first-order valence-electron chi connectivity index (χ1n) is 4.86. The van der Waals surface area contributed by atoms with Crippen LogP contribution in [0.5, 0.6) is 5.75 Å². The van der Waals surface area contributed by atoms with E-state index in [0.717, 1.165) is 15.9 Å². The van der Waals surface area contributed by atoms with Crippen molar-refractivity contribution in [2.24, 2.45) is 7.05 Å². The number of nitrogens with one attached hydrogen (secondary N) is 1. The number of halogens is 1. The Bertz CT molecular complexity index is 496. The van der Waals surface area contributed by atoms with E-state index in [4.69, 9.17) is 0 Å². The van der Waals surface area contributed by atoms with Gasteiger partial charge in [-0.1, -0.05) is 15.9 Å². The van der Waals surface area contributed by atoms with Crippen LogP contribution in [0.15, 0.2) is 34.9 Å². The molecular formula is C11H12BrN3O. The molecule has 2 aromatic rings. The monoisotopic (exact) mass is 281 g/mol. The molecule has 0 aliphatic heterocycles. The van der Waals surface area contributed by atoms with E-state index in [9.17, 15) is 5.11 Å². The molecule has 0 saturated heterocycles. The van der Waals surface area contributed by atoms with Crippen LogP contribution in [0.25, 0.3) is 0 Å². The highest BCUT2D eigenvalue weighted by molar-refractivity contribution is 9.10.